The fourth-order valence-corrected chi connectivity index (χ4v) is 3.97. The number of carbonyl (C=O) groups excluding carboxylic acids is 1. The van der Waals surface area contributed by atoms with Gasteiger partial charge >= 0.3 is 0 Å². The van der Waals surface area contributed by atoms with Crippen LogP contribution >= 0.6 is 11.6 Å². The van der Waals surface area contributed by atoms with Gasteiger partial charge in [-0.2, -0.15) is 0 Å². The number of aryl methyl sites for hydroxylation is 1. The zero-order valence-corrected chi connectivity index (χ0v) is 17.0. The highest BCUT2D eigenvalue weighted by Crippen LogP contribution is 2.23. The van der Waals surface area contributed by atoms with Crippen molar-refractivity contribution in [2.45, 2.75) is 45.7 Å². The molecule has 4 heteroatoms. The predicted molar refractivity (Wildman–Crippen MR) is 112 cm³/mol. The molecule has 0 spiro atoms. The number of likely N-dealkylation sites (tertiary alicyclic amines) is 1. The van der Waals surface area contributed by atoms with Crippen molar-refractivity contribution in [3.63, 3.8) is 0 Å². The molecule has 1 aliphatic heterocycles. The molecule has 0 radical (unpaired) electrons. The van der Waals surface area contributed by atoms with E-state index >= 15 is 0 Å². The fourth-order valence-electron chi connectivity index (χ4n) is 3.76. The quantitative estimate of drug-likeness (QED) is 0.748. The summed E-state index contributed by atoms with van der Waals surface area (Å²) in [5, 5.41) is 4.05. The van der Waals surface area contributed by atoms with Crippen LogP contribution in [0, 0.1) is 12.8 Å². The number of amides is 1. The van der Waals surface area contributed by atoms with Gasteiger partial charge < -0.3 is 5.32 Å². The van der Waals surface area contributed by atoms with Crippen LogP contribution in [-0.4, -0.2) is 23.9 Å². The lowest BCUT2D eigenvalue weighted by Crippen LogP contribution is -2.41. The van der Waals surface area contributed by atoms with Gasteiger partial charge in [-0.25, -0.2) is 0 Å². The maximum Gasteiger partial charge on any atom is 0.223 e. The minimum Gasteiger partial charge on any atom is -0.349 e. The first-order chi connectivity index (χ1) is 13.0. The Hall–Kier alpha value is -1.84. The fraction of sp³-hybridized carbons (Fsp3) is 0.435. The van der Waals surface area contributed by atoms with Crippen molar-refractivity contribution in [3.05, 3.63) is 70.2 Å². The van der Waals surface area contributed by atoms with Gasteiger partial charge in [-0.05, 0) is 62.5 Å². The zero-order chi connectivity index (χ0) is 19.2. The van der Waals surface area contributed by atoms with E-state index in [0.717, 1.165) is 43.9 Å². The van der Waals surface area contributed by atoms with Gasteiger partial charge in [-0.3, -0.25) is 9.69 Å². The predicted octanol–water partition coefficient (Wildman–Crippen LogP) is 5.13. The molecule has 1 aliphatic rings. The topological polar surface area (TPSA) is 32.3 Å². The van der Waals surface area contributed by atoms with E-state index < -0.39 is 0 Å². The number of rotatable bonds is 6. The molecule has 144 valence electrons. The van der Waals surface area contributed by atoms with Crippen LogP contribution in [0.5, 0.6) is 0 Å². The Kier molecular flexibility index (Phi) is 6.92. The number of piperidine rings is 1. The number of nitrogens with zero attached hydrogens (tertiary/aromatic N) is 1. The molecule has 1 saturated heterocycles. The molecule has 1 atom stereocenters. The molecule has 3 nitrogen and oxygen atoms in total. The minimum absolute atomic E-state index is 0.0996. The van der Waals surface area contributed by atoms with Gasteiger partial charge in [0, 0.05) is 17.5 Å². The molecule has 27 heavy (non-hydrogen) atoms. The van der Waals surface area contributed by atoms with E-state index in [1.807, 2.05) is 18.2 Å². The standard InChI is InChI=1S/C23H29ClN2O/c1-3-22(19-9-7-17(2)8-10-19)25-23(27)20-11-13-26(14-12-20)16-18-5-4-6-21(24)15-18/h4-10,15,20,22H,3,11-14,16H2,1-2H3,(H,25,27)/t22-/m1/s1. The molecule has 0 aliphatic carbocycles. The summed E-state index contributed by atoms with van der Waals surface area (Å²) in [7, 11) is 0. The van der Waals surface area contributed by atoms with Crippen molar-refractivity contribution in [2.75, 3.05) is 13.1 Å². The van der Waals surface area contributed by atoms with Gasteiger partial charge in [0.05, 0.1) is 6.04 Å². The monoisotopic (exact) mass is 384 g/mol. The molecule has 0 aromatic heterocycles. The number of benzene rings is 2. The zero-order valence-electron chi connectivity index (χ0n) is 16.2. The van der Waals surface area contributed by atoms with Crippen molar-refractivity contribution in [3.8, 4) is 0 Å². The molecule has 1 N–H and O–H groups in total. The molecule has 0 bridgehead atoms. The molecular formula is C23H29ClN2O. The van der Waals surface area contributed by atoms with Crippen LogP contribution < -0.4 is 5.32 Å². The highest BCUT2D eigenvalue weighted by atomic mass is 35.5. The molecular weight excluding hydrogens is 356 g/mol. The van der Waals surface area contributed by atoms with Gasteiger partial charge in [-0.1, -0.05) is 60.5 Å². The summed E-state index contributed by atoms with van der Waals surface area (Å²) in [5.41, 5.74) is 3.66. The molecule has 0 unspecified atom stereocenters. The Morgan fingerprint density at radius 2 is 1.89 bits per heavy atom. The van der Waals surface area contributed by atoms with E-state index in [0.29, 0.717) is 0 Å². The number of hydrogen-bond acceptors (Lipinski definition) is 2. The second kappa shape index (κ2) is 9.38. The Bertz CT molecular complexity index is 751. The maximum atomic E-state index is 12.8. The molecule has 1 amide bonds. The largest absolute Gasteiger partial charge is 0.349 e. The van der Waals surface area contributed by atoms with E-state index in [9.17, 15) is 4.79 Å². The minimum atomic E-state index is 0.0996. The molecule has 2 aromatic rings. The summed E-state index contributed by atoms with van der Waals surface area (Å²) in [6, 6.07) is 16.6. The molecule has 1 fully saturated rings. The Morgan fingerprint density at radius 3 is 2.52 bits per heavy atom. The van der Waals surface area contributed by atoms with Crippen molar-refractivity contribution in [2.24, 2.45) is 5.92 Å². The normalized spacial score (nSPS) is 16.9. The molecule has 3 rings (SSSR count). The summed E-state index contributed by atoms with van der Waals surface area (Å²) in [6.07, 6.45) is 2.73. The van der Waals surface area contributed by atoms with Crippen LogP contribution in [0.2, 0.25) is 5.02 Å². The highest BCUT2D eigenvalue weighted by Gasteiger charge is 2.26. The third kappa shape index (κ3) is 5.57. The van der Waals surface area contributed by atoms with Crippen LogP contribution in [-0.2, 0) is 11.3 Å². The van der Waals surface area contributed by atoms with Gasteiger partial charge in [0.15, 0.2) is 0 Å². The van der Waals surface area contributed by atoms with Gasteiger partial charge in [0.2, 0.25) is 5.91 Å². The summed E-state index contributed by atoms with van der Waals surface area (Å²) in [5.74, 6) is 0.310. The molecule has 0 saturated carbocycles. The maximum absolute atomic E-state index is 12.8. The van der Waals surface area contributed by atoms with E-state index in [1.54, 1.807) is 0 Å². The average molecular weight is 385 g/mol. The average Bonchev–Trinajstić information content (AvgIpc) is 2.67. The Labute approximate surface area is 167 Å². The second-order valence-electron chi connectivity index (χ2n) is 7.56. The van der Waals surface area contributed by atoms with E-state index in [4.69, 9.17) is 11.6 Å². The Balaban J connectivity index is 1.51. The summed E-state index contributed by atoms with van der Waals surface area (Å²) in [6.45, 7) is 7.01. The van der Waals surface area contributed by atoms with Crippen molar-refractivity contribution in [1.82, 2.24) is 10.2 Å². The Morgan fingerprint density at radius 1 is 1.19 bits per heavy atom. The van der Waals surface area contributed by atoms with Crippen LogP contribution in [0.25, 0.3) is 0 Å². The first-order valence-corrected chi connectivity index (χ1v) is 10.3. The van der Waals surface area contributed by atoms with Crippen molar-refractivity contribution in [1.29, 1.82) is 0 Å². The van der Waals surface area contributed by atoms with Crippen molar-refractivity contribution >= 4 is 17.5 Å². The number of hydrogen-bond donors (Lipinski definition) is 1. The van der Waals surface area contributed by atoms with E-state index in [2.05, 4.69) is 54.4 Å². The van der Waals surface area contributed by atoms with E-state index in [-0.39, 0.29) is 17.9 Å². The van der Waals surface area contributed by atoms with Gasteiger partial charge in [-0.15, -0.1) is 0 Å². The first kappa shape index (κ1) is 19.9. The van der Waals surface area contributed by atoms with Crippen LogP contribution in [0.4, 0.5) is 0 Å². The van der Waals surface area contributed by atoms with Crippen LogP contribution in [0.3, 0.4) is 0 Å². The van der Waals surface area contributed by atoms with Crippen LogP contribution in [0.15, 0.2) is 48.5 Å². The number of nitrogens with one attached hydrogen (secondary N) is 1. The van der Waals surface area contributed by atoms with Crippen LogP contribution in [0.1, 0.15) is 48.9 Å². The van der Waals surface area contributed by atoms with Gasteiger partial charge in [0.1, 0.15) is 0 Å². The smallest absolute Gasteiger partial charge is 0.223 e. The third-order valence-corrected chi connectivity index (χ3v) is 5.69. The summed E-state index contributed by atoms with van der Waals surface area (Å²) in [4.78, 5) is 15.2. The van der Waals surface area contributed by atoms with Gasteiger partial charge in [0.25, 0.3) is 0 Å². The number of halogens is 1. The lowest BCUT2D eigenvalue weighted by molar-refractivity contribution is -0.127. The first-order valence-electron chi connectivity index (χ1n) is 9.89. The summed E-state index contributed by atoms with van der Waals surface area (Å²) < 4.78 is 0. The number of carbonyl (C=O) groups is 1. The third-order valence-electron chi connectivity index (χ3n) is 5.46. The van der Waals surface area contributed by atoms with Crippen molar-refractivity contribution < 1.29 is 4.79 Å². The van der Waals surface area contributed by atoms with E-state index in [1.165, 1.54) is 16.7 Å². The second-order valence-corrected chi connectivity index (χ2v) is 8.00. The highest BCUT2D eigenvalue weighted by molar-refractivity contribution is 6.30. The SMILES string of the molecule is CC[C@@H](NC(=O)C1CCN(Cc2cccc(Cl)c2)CC1)c1ccc(C)cc1. The molecule has 2 aromatic carbocycles. The lowest BCUT2D eigenvalue weighted by Gasteiger charge is -2.32. The summed E-state index contributed by atoms with van der Waals surface area (Å²) >= 11 is 6.08. The molecule has 1 heterocycles. The lowest BCUT2D eigenvalue weighted by atomic mass is 9.94.